The number of ether oxygens (including phenoxy) is 14. The van der Waals surface area contributed by atoms with E-state index >= 15 is 0 Å². The highest BCUT2D eigenvalue weighted by Gasteiger charge is 2.59. The van der Waals surface area contributed by atoms with Crippen LogP contribution in [0, 0.1) is 0 Å². The SMILES string of the molecule is O[C@@H]1[C@@H](O)[C@@H]2O[C@H]3[C@H](O)[C@@H](O)[C@H](O[C@H]4[C@H](O)[C@@H](O)[C@H](O[C@H]5[C@H](O)[C@@H](O)[C@H](O[C@H]6[C@H](O)[C@@H](O)[C@H](O[C@H]7[C@H](O)[C@@H](O)[C@H](O[C@H]8[C@H](O)[C@@H](O)[C@H](O[C@@H]1[C@@H](CI)O2)O[C@@H]8CI)O[C@@H]7CI)O[C@@H]6CI)O[C@@H]5CI)O[C@@H]4CI)O[C@@H]3CI. The highest BCUT2D eigenvalue weighted by molar-refractivity contribution is 14.1. The van der Waals surface area contributed by atoms with Gasteiger partial charge in [-0.3, -0.25) is 0 Å². The normalized spacial score (nSPS) is 55.4. The Balaban J connectivity index is 1.08. The molecule has 14 bridgehead atoms. The number of alkyl halides is 7. The van der Waals surface area contributed by atoms with E-state index in [1.54, 1.807) is 0 Å². The van der Waals surface area contributed by atoms with Crippen molar-refractivity contribution in [3.8, 4) is 0 Å². The van der Waals surface area contributed by atoms with E-state index in [0.29, 0.717) is 0 Å². The van der Waals surface area contributed by atoms with Crippen LogP contribution in [0.1, 0.15) is 0 Å². The molecule has 0 aromatic rings. The van der Waals surface area contributed by atoms with Crippen LogP contribution < -0.4 is 0 Å². The summed E-state index contributed by atoms with van der Waals surface area (Å²) in [6.07, 6.45) is -55.6. The lowest BCUT2D eigenvalue weighted by Crippen LogP contribution is -2.68. The summed E-state index contributed by atoms with van der Waals surface area (Å²) in [4.78, 5) is 0. The molecule has 14 N–H and O–H groups in total. The Hall–Kier alpha value is 3.99. The fraction of sp³-hybridized carbons (Fsp3) is 1.00. The second-order valence-corrected chi connectivity index (χ2v) is 25.6. The van der Waals surface area contributed by atoms with Gasteiger partial charge in [0.2, 0.25) is 0 Å². The fourth-order valence-electron chi connectivity index (χ4n) is 10.3. The summed E-state index contributed by atoms with van der Waals surface area (Å²) < 4.78 is 85.7. The zero-order chi connectivity index (χ0) is 56.1. The summed E-state index contributed by atoms with van der Waals surface area (Å²) in [6.45, 7) is 0. The molecule has 35 atom stereocenters. The van der Waals surface area contributed by atoms with Crippen LogP contribution in [0.4, 0.5) is 0 Å². The Bertz CT molecular complexity index is 1490. The molecule has 21 heterocycles. The third kappa shape index (κ3) is 14.1. The molecule has 0 aromatic carbocycles. The van der Waals surface area contributed by atoms with Crippen molar-refractivity contribution >= 4 is 158 Å². The number of hydrogen-bond donors (Lipinski definition) is 14. The summed E-state index contributed by atoms with van der Waals surface area (Å²) in [5, 5.41) is 161. The fourth-order valence-corrected chi connectivity index (χ4v) is 15.2. The van der Waals surface area contributed by atoms with Gasteiger partial charge in [-0.15, -0.1) is 0 Å². The molecule has 21 fully saturated rings. The van der Waals surface area contributed by atoms with Crippen LogP contribution in [0.5, 0.6) is 0 Å². The van der Waals surface area contributed by atoms with Crippen molar-refractivity contribution in [2.24, 2.45) is 0 Å². The quantitative estimate of drug-likeness (QED) is 0.0837. The van der Waals surface area contributed by atoms with E-state index in [0.717, 1.165) is 0 Å². The molecule has 21 aliphatic rings. The number of hydrogen-bond acceptors (Lipinski definition) is 28. The van der Waals surface area contributed by atoms with Gasteiger partial charge in [-0.05, 0) is 0 Å². The molecular weight excluding hydrogens is 1840 g/mol. The first-order valence-electron chi connectivity index (χ1n) is 24.3. The average molecular weight is 1900 g/mol. The minimum atomic E-state index is -1.90. The van der Waals surface area contributed by atoms with Crippen LogP contribution in [-0.4, -0.2) is 317 Å². The Kier molecular flexibility index (Phi) is 25.7. The highest BCUT2D eigenvalue weighted by atomic mass is 127. The van der Waals surface area contributed by atoms with Crippen LogP contribution >= 0.6 is 158 Å². The van der Waals surface area contributed by atoms with Crippen molar-refractivity contribution in [2.45, 2.75) is 215 Å². The summed E-state index contributed by atoms with van der Waals surface area (Å²) >= 11 is 13.5. The third-order valence-electron chi connectivity index (χ3n) is 14.6. The molecule has 21 rings (SSSR count). The first kappa shape index (κ1) is 66.9. The monoisotopic (exact) mass is 1900 g/mol. The Labute approximate surface area is 535 Å². The van der Waals surface area contributed by atoms with Crippen molar-refractivity contribution in [1.29, 1.82) is 0 Å². The number of halogens is 7. The average Bonchev–Trinajstić information content (AvgIpc) is 3.45. The van der Waals surface area contributed by atoms with Crippen LogP contribution in [-0.2, 0) is 66.3 Å². The van der Waals surface area contributed by atoms with Gasteiger partial charge in [0, 0.05) is 31.0 Å². The Morgan fingerprint density at radius 2 is 0.273 bits per heavy atom. The van der Waals surface area contributed by atoms with E-state index in [4.69, 9.17) is 66.3 Å². The Morgan fingerprint density at radius 3 is 0.364 bits per heavy atom. The van der Waals surface area contributed by atoms with E-state index < -0.39 is 215 Å². The van der Waals surface area contributed by atoms with Crippen LogP contribution in [0.15, 0.2) is 0 Å². The standard InChI is InChI=1S/C42H63I7O28/c43-1-8-29-15(50)22(57)36(64-8)72-30-9(2-44)66-38(24(59)17(30)52)74-32-11(4-46)68-40(26(61)19(32)54)76-34-13(6-48)70-42(28(63)21(34)56)77-35-14(7-49)69-41(27(62)20(35)55)75-33-12(5-47)67-39(25(60)18(33)53)73-31-10(3-45)65-37(71-29)23(58)16(31)51/h8-42,50-63H,1-7H2/t8-,9-,10-,11-,12-,13-,14-,15-,16-,17-,18-,19-,20-,21-,22-,23-,24-,25-,26-,27-,28-,29-,30-,31-,32-,33-,34-,35-,36+,37+,38+,39+,40+,41+,42+/m1/s1. The van der Waals surface area contributed by atoms with E-state index in [9.17, 15) is 71.5 Å². The molecular formula is C42H63I7O28. The molecule has 448 valence electrons. The zero-order valence-corrected chi connectivity index (χ0v) is 54.9. The predicted octanol–water partition coefficient (Wildman–Crippen LogP) is -5.13. The molecule has 0 aromatic heterocycles. The van der Waals surface area contributed by atoms with Crippen LogP contribution in [0.25, 0.3) is 0 Å². The van der Waals surface area contributed by atoms with Gasteiger partial charge in [-0.1, -0.05) is 158 Å². The number of aliphatic hydroxyl groups excluding tert-OH is 14. The van der Waals surface area contributed by atoms with Crippen molar-refractivity contribution in [3.05, 3.63) is 0 Å². The molecule has 21 saturated heterocycles. The highest BCUT2D eigenvalue weighted by Crippen LogP contribution is 2.40. The topological polar surface area (TPSA) is 412 Å². The maximum absolute atomic E-state index is 11.6. The van der Waals surface area contributed by atoms with E-state index in [1.807, 2.05) is 158 Å². The number of aliphatic hydroxyl groups is 14. The minimum absolute atomic E-state index is 0.0801. The van der Waals surface area contributed by atoms with Gasteiger partial charge in [0.15, 0.2) is 44.0 Å². The molecule has 21 aliphatic heterocycles. The van der Waals surface area contributed by atoms with Crippen molar-refractivity contribution in [3.63, 3.8) is 0 Å². The lowest BCUT2D eigenvalue weighted by Gasteiger charge is -2.50. The van der Waals surface area contributed by atoms with Crippen LogP contribution in [0.3, 0.4) is 0 Å². The molecule has 0 unspecified atom stereocenters. The summed E-state index contributed by atoms with van der Waals surface area (Å²) in [7, 11) is 0. The predicted molar refractivity (Wildman–Crippen MR) is 311 cm³/mol. The summed E-state index contributed by atoms with van der Waals surface area (Å²) in [5.41, 5.74) is 0. The van der Waals surface area contributed by atoms with E-state index in [1.165, 1.54) is 0 Å². The van der Waals surface area contributed by atoms with E-state index in [2.05, 4.69) is 0 Å². The van der Waals surface area contributed by atoms with Gasteiger partial charge in [0.25, 0.3) is 0 Å². The van der Waals surface area contributed by atoms with Crippen molar-refractivity contribution in [2.75, 3.05) is 31.0 Å². The smallest absolute Gasteiger partial charge is 0.187 e. The molecule has 0 aliphatic carbocycles. The van der Waals surface area contributed by atoms with Gasteiger partial charge in [0.1, 0.15) is 128 Å². The minimum Gasteiger partial charge on any atom is -0.387 e. The molecule has 0 spiro atoms. The van der Waals surface area contributed by atoms with Gasteiger partial charge in [0.05, 0.1) is 42.7 Å². The van der Waals surface area contributed by atoms with Crippen molar-refractivity contribution in [1.82, 2.24) is 0 Å². The van der Waals surface area contributed by atoms with Gasteiger partial charge < -0.3 is 138 Å². The maximum Gasteiger partial charge on any atom is 0.187 e. The lowest BCUT2D eigenvalue weighted by atomic mass is 9.96. The second kappa shape index (κ2) is 29.5. The summed E-state index contributed by atoms with van der Waals surface area (Å²) in [6, 6.07) is 0. The molecule has 0 radical (unpaired) electrons. The largest absolute Gasteiger partial charge is 0.387 e. The molecule has 28 nitrogen and oxygen atoms in total. The first-order chi connectivity index (χ1) is 36.7. The third-order valence-corrected chi connectivity index (χ3v) is 20.7. The Morgan fingerprint density at radius 1 is 0.169 bits per heavy atom. The number of rotatable bonds is 7. The molecule has 77 heavy (non-hydrogen) atoms. The molecule has 0 saturated carbocycles. The first-order valence-corrected chi connectivity index (χ1v) is 35.0. The molecule has 0 amide bonds. The molecule has 35 heteroatoms. The van der Waals surface area contributed by atoms with Gasteiger partial charge in [-0.2, -0.15) is 0 Å². The zero-order valence-electron chi connectivity index (χ0n) is 39.8. The van der Waals surface area contributed by atoms with E-state index in [-0.39, 0.29) is 31.0 Å². The van der Waals surface area contributed by atoms with Crippen LogP contribution in [0.2, 0.25) is 0 Å². The lowest BCUT2D eigenvalue weighted by molar-refractivity contribution is -0.388. The second-order valence-electron chi connectivity index (χ2n) is 19.5. The maximum atomic E-state index is 11.6. The van der Waals surface area contributed by atoms with Crippen molar-refractivity contribution < 1.29 is 138 Å². The van der Waals surface area contributed by atoms with Gasteiger partial charge in [-0.25, -0.2) is 0 Å². The summed E-state index contributed by atoms with van der Waals surface area (Å²) in [5.74, 6) is 0. The van der Waals surface area contributed by atoms with Gasteiger partial charge >= 0.3 is 0 Å².